The Hall–Kier alpha value is -1.89. The van der Waals surface area contributed by atoms with Crippen molar-refractivity contribution in [1.29, 1.82) is 0 Å². The zero-order valence-corrected chi connectivity index (χ0v) is 12.4. The molecule has 1 heterocycles. The molecule has 2 rings (SSSR count). The van der Waals surface area contributed by atoms with Crippen LogP contribution in [0.25, 0.3) is 0 Å². The first kappa shape index (κ1) is 14.5. The number of nitrogens with zero attached hydrogens (tertiary/aromatic N) is 2. The predicted octanol–water partition coefficient (Wildman–Crippen LogP) is 2.16. The van der Waals surface area contributed by atoms with E-state index in [1.165, 1.54) is 0 Å². The summed E-state index contributed by atoms with van der Waals surface area (Å²) in [5.74, 6) is 1.45. The maximum absolute atomic E-state index is 11.1. The van der Waals surface area contributed by atoms with Gasteiger partial charge < -0.3 is 4.52 Å². The third-order valence-electron chi connectivity index (χ3n) is 2.60. The van der Waals surface area contributed by atoms with Crippen LogP contribution in [0, 0.1) is 0 Å². The molecule has 1 N–H and O–H groups in total. The fourth-order valence-electron chi connectivity index (χ4n) is 1.66. The van der Waals surface area contributed by atoms with Crippen LogP contribution < -0.4 is 4.72 Å². The van der Waals surface area contributed by atoms with Crippen molar-refractivity contribution >= 4 is 15.7 Å². The topological polar surface area (TPSA) is 85.1 Å². The first-order valence-electron chi connectivity index (χ1n) is 6.23. The van der Waals surface area contributed by atoms with Crippen LogP contribution in [-0.4, -0.2) is 24.8 Å². The van der Waals surface area contributed by atoms with Crippen molar-refractivity contribution in [2.45, 2.75) is 26.2 Å². The van der Waals surface area contributed by atoms with Gasteiger partial charge in [0.15, 0.2) is 5.82 Å². The highest BCUT2D eigenvalue weighted by Gasteiger charge is 2.10. The van der Waals surface area contributed by atoms with E-state index in [1.54, 1.807) is 12.1 Å². The van der Waals surface area contributed by atoms with Gasteiger partial charge in [0, 0.05) is 18.0 Å². The standard InChI is InChI=1S/C13H17N3O3S/c1-9(2)13-14-12(15-19-13)8-10-4-6-11(7-5-10)16-20(3,17)18/h4-7,9,16H,8H2,1-3H3. The van der Waals surface area contributed by atoms with E-state index in [0.717, 1.165) is 11.8 Å². The predicted molar refractivity (Wildman–Crippen MR) is 76.1 cm³/mol. The highest BCUT2D eigenvalue weighted by Crippen LogP contribution is 2.15. The van der Waals surface area contributed by atoms with Crippen LogP contribution in [0.1, 0.15) is 37.0 Å². The largest absolute Gasteiger partial charge is 0.339 e. The van der Waals surface area contributed by atoms with Crippen LogP contribution >= 0.6 is 0 Å². The van der Waals surface area contributed by atoms with Crippen LogP contribution in [0.4, 0.5) is 5.69 Å². The van der Waals surface area contributed by atoms with Crippen molar-refractivity contribution in [3.8, 4) is 0 Å². The molecule has 0 spiro atoms. The number of hydrogen-bond donors (Lipinski definition) is 1. The molecule has 0 atom stereocenters. The lowest BCUT2D eigenvalue weighted by Crippen LogP contribution is -2.09. The normalized spacial score (nSPS) is 11.8. The summed E-state index contributed by atoms with van der Waals surface area (Å²) in [6, 6.07) is 7.08. The molecule has 0 saturated heterocycles. The van der Waals surface area contributed by atoms with Crippen LogP contribution in [0.3, 0.4) is 0 Å². The third kappa shape index (κ3) is 4.06. The lowest BCUT2D eigenvalue weighted by molar-refractivity contribution is 0.361. The van der Waals surface area contributed by atoms with Gasteiger partial charge >= 0.3 is 0 Å². The van der Waals surface area contributed by atoms with Gasteiger partial charge in [-0.3, -0.25) is 4.72 Å². The van der Waals surface area contributed by atoms with Gasteiger partial charge in [0.05, 0.1) is 6.26 Å². The summed E-state index contributed by atoms with van der Waals surface area (Å²) < 4.78 is 29.7. The quantitative estimate of drug-likeness (QED) is 0.913. The molecule has 108 valence electrons. The van der Waals surface area contributed by atoms with Gasteiger partial charge in [0.1, 0.15) is 0 Å². The van der Waals surface area contributed by atoms with Crippen LogP contribution in [0.5, 0.6) is 0 Å². The SMILES string of the molecule is CC(C)c1nc(Cc2ccc(NS(C)(=O)=O)cc2)no1. The molecule has 1 aromatic carbocycles. The minimum atomic E-state index is -3.24. The molecule has 20 heavy (non-hydrogen) atoms. The van der Waals surface area contributed by atoms with Gasteiger partial charge in [-0.05, 0) is 17.7 Å². The zero-order chi connectivity index (χ0) is 14.8. The Kier molecular flexibility index (Phi) is 4.08. The summed E-state index contributed by atoms with van der Waals surface area (Å²) in [5, 5.41) is 3.92. The molecular formula is C13H17N3O3S. The number of aromatic nitrogens is 2. The molecule has 2 aromatic rings. The minimum absolute atomic E-state index is 0.206. The van der Waals surface area contributed by atoms with E-state index in [1.807, 2.05) is 26.0 Å². The van der Waals surface area contributed by atoms with Crippen LogP contribution in [0.15, 0.2) is 28.8 Å². The summed E-state index contributed by atoms with van der Waals surface area (Å²) >= 11 is 0. The van der Waals surface area contributed by atoms with Crippen molar-refractivity contribution in [3.05, 3.63) is 41.5 Å². The fraction of sp³-hybridized carbons (Fsp3) is 0.385. The Labute approximate surface area is 118 Å². The van der Waals surface area contributed by atoms with Crippen molar-refractivity contribution < 1.29 is 12.9 Å². The molecule has 1 aromatic heterocycles. The Morgan fingerprint density at radius 3 is 2.40 bits per heavy atom. The fourth-order valence-corrected chi connectivity index (χ4v) is 2.23. The lowest BCUT2D eigenvalue weighted by atomic mass is 10.1. The Morgan fingerprint density at radius 1 is 1.25 bits per heavy atom. The van der Waals surface area contributed by atoms with Gasteiger partial charge in [-0.15, -0.1) is 0 Å². The van der Waals surface area contributed by atoms with Crippen LogP contribution in [0.2, 0.25) is 0 Å². The third-order valence-corrected chi connectivity index (χ3v) is 3.20. The summed E-state index contributed by atoms with van der Waals surface area (Å²) in [4.78, 5) is 4.30. The number of hydrogen-bond acceptors (Lipinski definition) is 5. The van der Waals surface area contributed by atoms with Crippen molar-refractivity contribution in [1.82, 2.24) is 10.1 Å². The maximum atomic E-state index is 11.1. The summed E-state index contributed by atoms with van der Waals surface area (Å²) in [7, 11) is -3.24. The molecule has 0 aliphatic carbocycles. The summed E-state index contributed by atoms with van der Waals surface area (Å²) in [5.41, 5.74) is 1.52. The number of benzene rings is 1. The highest BCUT2D eigenvalue weighted by atomic mass is 32.2. The second kappa shape index (κ2) is 5.62. The van der Waals surface area contributed by atoms with Gasteiger partial charge in [-0.25, -0.2) is 8.42 Å². The minimum Gasteiger partial charge on any atom is -0.339 e. The second-order valence-electron chi connectivity index (χ2n) is 4.95. The van der Waals surface area contributed by atoms with E-state index >= 15 is 0 Å². The van der Waals surface area contributed by atoms with Crippen LogP contribution in [-0.2, 0) is 16.4 Å². The molecule has 0 saturated carbocycles. The van der Waals surface area contributed by atoms with Gasteiger partial charge in [-0.1, -0.05) is 31.1 Å². The van der Waals surface area contributed by atoms with Crippen molar-refractivity contribution in [2.75, 3.05) is 11.0 Å². The van der Waals surface area contributed by atoms with E-state index in [4.69, 9.17) is 4.52 Å². The van der Waals surface area contributed by atoms with E-state index < -0.39 is 10.0 Å². The Bertz CT molecular complexity index is 675. The van der Waals surface area contributed by atoms with E-state index in [0.29, 0.717) is 23.8 Å². The maximum Gasteiger partial charge on any atom is 0.229 e. The first-order valence-corrected chi connectivity index (χ1v) is 8.12. The number of rotatable bonds is 5. The van der Waals surface area contributed by atoms with E-state index in [9.17, 15) is 8.42 Å². The van der Waals surface area contributed by atoms with E-state index in [2.05, 4.69) is 14.9 Å². The smallest absolute Gasteiger partial charge is 0.229 e. The van der Waals surface area contributed by atoms with Crippen molar-refractivity contribution in [3.63, 3.8) is 0 Å². The zero-order valence-electron chi connectivity index (χ0n) is 11.6. The first-order chi connectivity index (χ1) is 9.33. The molecule has 0 fully saturated rings. The summed E-state index contributed by atoms with van der Waals surface area (Å²) in [6.45, 7) is 3.98. The van der Waals surface area contributed by atoms with Gasteiger partial charge in [-0.2, -0.15) is 4.98 Å². The monoisotopic (exact) mass is 295 g/mol. The summed E-state index contributed by atoms with van der Waals surface area (Å²) in [6.07, 6.45) is 1.67. The molecule has 6 nitrogen and oxygen atoms in total. The number of sulfonamides is 1. The highest BCUT2D eigenvalue weighted by molar-refractivity contribution is 7.92. The Morgan fingerprint density at radius 2 is 1.90 bits per heavy atom. The number of nitrogens with one attached hydrogen (secondary N) is 1. The molecule has 0 aliphatic rings. The molecular weight excluding hydrogens is 278 g/mol. The number of anilines is 1. The van der Waals surface area contributed by atoms with Gasteiger partial charge in [0.2, 0.25) is 15.9 Å². The lowest BCUT2D eigenvalue weighted by Gasteiger charge is -2.04. The molecule has 0 unspecified atom stereocenters. The van der Waals surface area contributed by atoms with E-state index in [-0.39, 0.29) is 5.92 Å². The van der Waals surface area contributed by atoms with Crippen molar-refractivity contribution in [2.24, 2.45) is 0 Å². The molecule has 7 heteroatoms. The van der Waals surface area contributed by atoms with Gasteiger partial charge in [0.25, 0.3) is 0 Å². The molecule has 0 aliphatic heterocycles. The molecule has 0 radical (unpaired) electrons. The molecule has 0 amide bonds. The average Bonchev–Trinajstić information content (AvgIpc) is 2.78. The molecule has 0 bridgehead atoms. The average molecular weight is 295 g/mol. The second-order valence-corrected chi connectivity index (χ2v) is 6.70. The Balaban J connectivity index is 2.06.